The number of carbonyl (C=O) groups excluding carboxylic acids is 1. The van der Waals surface area contributed by atoms with Crippen LogP contribution in [0.25, 0.3) is 0 Å². The lowest BCUT2D eigenvalue weighted by Gasteiger charge is -2.21. The van der Waals surface area contributed by atoms with Crippen molar-refractivity contribution in [2.75, 3.05) is 20.7 Å². The summed E-state index contributed by atoms with van der Waals surface area (Å²) >= 11 is 0. The van der Waals surface area contributed by atoms with Crippen molar-refractivity contribution in [2.45, 2.75) is 19.9 Å². The smallest absolute Gasteiger partial charge is 0.309 e. The second-order valence-corrected chi connectivity index (χ2v) is 3.17. The van der Waals surface area contributed by atoms with Crippen LogP contribution < -0.4 is 0 Å². The number of methoxy groups -OCH3 is 1. The molecule has 0 fully saturated rings. The Kier molecular flexibility index (Phi) is 5.09. The monoisotopic (exact) mass is 184 g/mol. The molecule has 74 valence electrons. The maximum Gasteiger partial charge on any atom is 0.309 e. The quantitative estimate of drug-likeness (QED) is 0.602. The molecule has 0 N–H and O–H groups in total. The average Bonchev–Trinajstić information content (AvgIpc) is 2.14. The number of hydrogen-bond acceptors (Lipinski definition) is 4. The van der Waals surface area contributed by atoms with E-state index in [0.717, 1.165) is 0 Å². The van der Waals surface area contributed by atoms with Crippen molar-refractivity contribution >= 4 is 5.97 Å². The highest BCUT2D eigenvalue weighted by atomic mass is 16.5. The lowest BCUT2D eigenvalue weighted by molar-refractivity contribution is -0.145. The number of ether oxygens (including phenoxy) is 1. The molecule has 0 aromatic rings. The molecule has 0 aliphatic carbocycles. The second kappa shape index (κ2) is 5.55. The van der Waals surface area contributed by atoms with Crippen LogP contribution in [0.3, 0.4) is 0 Å². The predicted molar refractivity (Wildman–Crippen MR) is 48.9 cm³/mol. The Hall–Kier alpha value is -1.08. The summed E-state index contributed by atoms with van der Waals surface area (Å²) in [6.45, 7) is 4.12. The van der Waals surface area contributed by atoms with E-state index in [4.69, 9.17) is 5.26 Å². The van der Waals surface area contributed by atoms with Crippen LogP contribution in [-0.2, 0) is 9.53 Å². The van der Waals surface area contributed by atoms with Crippen LogP contribution in [-0.4, -0.2) is 37.6 Å². The second-order valence-electron chi connectivity index (χ2n) is 3.17. The Labute approximate surface area is 79.1 Å². The Morgan fingerprint density at radius 2 is 2.15 bits per heavy atom. The molecular formula is C9H16N2O2. The zero-order chi connectivity index (χ0) is 10.4. The number of carbonyl (C=O) groups is 1. The van der Waals surface area contributed by atoms with Gasteiger partial charge in [-0.3, -0.25) is 9.69 Å². The molecule has 0 spiro atoms. The van der Waals surface area contributed by atoms with Gasteiger partial charge in [0, 0.05) is 6.54 Å². The molecule has 0 aromatic heterocycles. The molecule has 0 heterocycles. The predicted octanol–water partition coefficient (Wildman–Crippen LogP) is 0.639. The van der Waals surface area contributed by atoms with E-state index in [0.29, 0.717) is 6.54 Å². The number of nitrogens with zero attached hydrogens (tertiary/aromatic N) is 2. The van der Waals surface area contributed by atoms with E-state index in [2.05, 4.69) is 10.8 Å². The molecule has 0 aromatic carbocycles. The summed E-state index contributed by atoms with van der Waals surface area (Å²) in [5.41, 5.74) is 0. The Bertz CT molecular complexity index is 210. The van der Waals surface area contributed by atoms with Crippen molar-refractivity contribution in [1.82, 2.24) is 4.90 Å². The van der Waals surface area contributed by atoms with E-state index >= 15 is 0 Å². The van der Waals surface area contributed by atoms with Crippen LogP contribution in [0.15, 0.2) is 0 Å². The third kappa shape index (κ3) is 3.90. The Morgan fingerprint density at radius 3 is 2.54 bits per heavy atom. The largest absolute Gasteiger partial charge is 0.469 e. The van der Waals surface area contributed by atoms with Gasteiger partial charge < -0.3 is 4.74 Å². The van der Waals surface area contributed by atoms with Gasteiger partial charge in [-0.05, 0) is 14.0 Å². The fourth-order valence-corrected chi connectivity index (χ4v) is 0.964. The first-order valence-electron chi connectivity index (χ1n) is 4.20. The molecule has 2 unspecified atom stereocenters. The first-order chi connectivity index (χ1) is 6.02. The number of nitriles is 1. The molecule has 0 bridgehead atoms. The van der Waals surface area contributed by atoms with E-state index in [1.165, 1.54) is 7.11 Å². The summed E-state index contributed by atoms with van der Waals surface area (Å²) in [6.07, 6.45) is 0. The van der Waals surface area contributed by atoms with Crippen molar-refractivity contribution in [3.63, 3.8) is 0 Å². The van der Waals surface area contributed by atoms with Crippen LogP contribution in [0.4, 0.5) is 0 Å². The lowest BCUT2D eigenvalue weighted by Crippen LogP contribution is -2.34. The molecule has 4 heteroatoms. The van der Waals surface area contributed by atoms with Crippen LogP contribution in [0, 0.1) is 17.2 Å². The zero-order valence-corrected chi connectivity index (χ0v) is 8.57. The van der Waals surface area contributed by atoms with Crippen molar-refractivity contribution < 1.29 is 9.53 Å². The van der Waals surface area contributed by atoms with E-state index in [1.807, 2.05) is 11.9 Å². The fourth-order valence-electron chi connectivity index (χ4n) is 0.964. The van der Waals surface area contributed by atoms with E-state index in [1.54, 1.807) is 13.8 Å². The highest BCUT2D eigenvalue weighted by Gasteiger charge is 2.17. The lowest BCUT2D eigenvalue weighted by atomic mass is 10.1. The van der Waals surface area contributed by atoms with Gasteiger partial charge in [0.1, 0.15) is 0 Å². The average molecular weight is 184 g/mol. The van der Waals surface area contributed by atoms with E-state index in [9.17, 15) is 4.79 Å². The summed E-state index contributed by atoms with van der Waals surface area (Å²) in [4.78, 5) is 12.8. The topological polar surface area (TPSA) is 53.3 Å². The van der Waals surface area contributed by atoms with Gasteiger partial charge in [0.25, 0.3) is 0 Å². The molecule has 0 aliphatic rings. The minimum absolute atomic E-state index is 0.174. The minimum atomic E-state index is -0.239. The van der Waals surface area contributed by atoms with Crippen molar-refractivity contribution in [2.24, 2.45) is 5.92 Å². The third-order valence-electron chi connectivity index (χ3n) is 2.01. The van der Waals surface area contributed by atoms with E-state index in [-0.39, 0.29) is 17.9 Å². The first-order valence-corrected chi connectivity index (χ1v) is 4.20. The van der Waals surface area contributed by atoms with Gasteiger partial charge in [-0.2, -0.15) is 5.26 Å². The Morgan fingerprint density at radius 1 is 1.62 bits per heavy atom. The highest BCUT2D eigenvalue weighted by Crippen LogP contribution is 2.03. The Balaban J connectivity index is 3.99. The van der Waals surface area contributed by atoms with Crippen molar-refractivity contribution in [3.05, 3.63) is 0 Å². The zero-order valence-electron chi connectivity index (χ0n) is 8.57. The summed E-state index contributed by atoms with van der Waals surface area (Å²) in [7, 11) is 3.18. The summed E-state index contributed by atoms with van der Waals surface area (Å²) in [5, 5.41) is 8.61. The van der Waals surface area contributed by atoms with Gasteiger partial charge in [-0.1, -0.05) is 6.92 Å². The first kappa shape index (κ1) is 11.9. The van der Waals surface area contributed by atoms with Crippen LogP contribution >= 0.6 is 0 Å². The van der Waals surface area contributed by atoms with Gasteiger partial charge in [-0.25, -0.2) is 0 Å². The van der Waals surface area contributed by atoms with Gasteiger partial charge in [0.05, 0.1) is 25.1 Å². The molecule has 0 rings (SSSR count). The summed E-state index contributed by atoms with van der Waals surface area (Å²) < 4.78 is 4.58. The normalized spacial score (nSPS) is 14.8. The van der Waals surface area contributed by atoms with Crippen molar-refractivity contribution in [3.8, 4) is 6.07 Å². The number of esters is 1. The maximum absolute atomic E-state index is 11.0. The van der Waals surface area contributed by atoms with Gasteiger partial charge in [0.2, 0.25) is 0 Å². The van der Waals surface area contributed by atoms with Crippen LogP contribution in [0.1, 0.15) is 13.8 Å². The van der Waals surface area contributed by atoms with Gasteiger partial charge in [0.15, 0.2) is 0 Å². The molecule has 0 aliphatic heterocycles. The van der Waals surface area contributed by atoms with Gasteiger partial charge >= 0.3 is 5.97 Å². The van der Waals surface area contributed by atoms with Crippen LogP contribution in [0.2, 0.25) is 0 Å². The maximum atomic E-state index is 11.0. The van der Waals surface area contributed by atoms with E-state index < -0.39 is 0 Å². The molecule has 4 nitrogen and oxygen atoms in total. The molecule has 0 saturated carbocycles. The standard InChI is InChI=1S/C9H16N2O2/c1-7(9(12)13-4)6-11(3)8(2)5-10/h7-8H,6H2,1-4H3. The third-order valence-corrected chi connectivity index (χ3v) is 2.01. The molecular weight excluding hydrogens is 168 g/mol. The molecule has 0 radical (unpaired) electrons. The number of hydrogen-bond donors (Lipinski definition) is 0. The molecule has 0 amide bonds. The van der Waals surface area contributed by atoms with Crippen molar-refractivity contribution in [1.29, 1.82) is 5.26 Å². The summed E-state index contributed by atoms with van der Waals surface area (Å²) in [6, 6.07) is 1.93. The molecule has 0 saturated heterocycles. The summed E-state index contributed by atoms with van der Waals surface area (Å²) in [5.74, 6) is -0.428. The minimum Gasteiger partial charge on any atom is -0.469 e. The number of rotatable bonds is 4. The van der Waals surface area contributed by atoms with Crippen LogP contribution in [0.5, 0.6) is 0 Å². The SMILES string of the molecule is COC(=O)C(C)CN(C)C(C)C#N. The van der Waals surface area contributed by atoms with Gasteiger partial charge in [-0.15, -0.1) is 0 Å². The molecule has 13 heavy (non-hydrogen) atoms. The highest BCUT2D eigenvalue weighted by molar-refractivity contribution is 5.72. The molecule has 2 atom stereocenters. The fraction of sp³-hybridized carbons (Fsp3) is 0.778.